The van der Waals surface area contributed by atoms with E-state index in [0.29, 0.717) is 29.4 Å². The number of amides is 1. The molecule has 2 fully saturated rings. The van der Waals surface area contributed by atoms with Gasteiger partial charge in [-0.3, -0.25) is 9.47 Å². The highest BCUT2D eigenvalue weighted by Gasteiger charge is 2.54. The minimum Gasteiger partial charge on any atom is -0.453 e. The lowest BCUT2D eigenvalue weighted by Crippen LogP contribution is -2.62. The van der Waals surface area contributed by atoms with Crippen LogP contribution in [0.4, 0.5) is 10.7 Å². The fourth-order valence-corrected chi connectivity index (χ4v) is 5.53. The van der Waals surface area contributed by atoms with Crippen LogP contribution in [0.15, 0.2) is 36.7 Å². The Morgan fingerprint density at radius 3 is 2.69 bits per heavy atom. The van der Waals surface area contributed by atoms with E-state index in [2.05, 4.69) is 29.6 Å². The first-order valence-corrected chi connectivity index (χ1v) is 11.0. The van der Waals surface area contributed by atoms with E-state index in [9.17, 15) is 4.79 Å². The summed E-state index contributed by atoms with van der Waals surface area (Å²) >= 11 is 6.27. The van der Waals surface area contributed by atoms with Gasteiger partial charge in [0.25, 0.3) is 0 Å². The smallest absolute Gasteiger partial charge is 0.410 e. The van der Waals surface area contributed by atoms with Gasteiger partial charge < -0.3 is 9.64 Å². The molecule has 1 spiro atoms. The summed E-state index contributed by atoms with van der Waals surface area (Å²) in [5.74, 6) is 2.81. The van der Waals surface area contributed by atoms with Crippen molar-refractivity contribution in [3.05, 3.63) is 58.9 Å². The average Bonchev–Trinajstić information content (AvgIpc) is 3.07. The number of benzene rings is 1. The van der Waals surface area contributed by atoms with Crippen LogP contribution in [0.3, 0.4) is 0 Å². The van der Waals surface area contributed by atoms with Crippen LogP contribution in [0.2, 0.25) is 5.02 Å². The monoisotopic (exact) mass is 451 g/mol. The Balaban J connectivity index is 1.27. The Labute approximate surface area is 190 Å². The van der Waals surface area contributed by atoms with Crippen molar-refractivity contribution in [3.8, 4) is 5.69 Å². The summed E-state index contributed by atoms with van der Waals surface area (Å²) in [5, 5.41) is 9.66. The number of halogens is 1. The van der Waals surface area contributed by atoms with E-state index < -0.39 is 6.09 Å². The Morgan fingerprint density at radius 2 is 1.94 bits per heavy atom. The van der Waals surface area contributed by atoms with Crippen LogP contribution in [-0.4, -0.2) is 55.9 Å². The summed E-state index contributed by atoms with van der Waals surface area (Å²) < 4.78 is 7.08. The first-order chi connectivity index (χ1) is 15.5. The second kappa shape index (κ2) is 7.16. The molecule has 164 valence electrons. The van der Waals surface area contributed by atoms with E-state index in [1.54, 1.807) is 17.3 Å². The summed E-state index contributed by atoms with van der Waals surface area (Å²) in [6.07, 6.45) is 5.28. The molecule has 1 saturated heterocycles. The van der Waals surface area contributed by atoms with Gasteiger partial charge in [-0.2, -0.15) is 0 Å². The van der Waals surface area contributed by atoms with Gasteiger partial charge in [0.2, 0.25) is 5.95 Å². The number of nitrogens with zero attached hydrogens (tertiary/aromatic N) is 7. The van der Waals surface area contributed by atoms with Gasteiger partial charge in [-0.1, -0.05) is 11.6 Å². The molecular formula is C22H22ClN7O2. The summed E-state index contributed by atoms with van der Waals surface area (Å²) in [5.41, 5.74) is 2.22. The van der Waals surface area contributed by atoms with Gasteiger partial charge in [0.1, 0.15) is 5.82 Å². The van der Waals surface area contributed by atoms with Crippen molar-refractivity contribution < 1.29 is 9.53 Å². The summed E-state index contributed by atoms with van der Waals surface area (Å²) in [6, 6.07) is 7.59. The van der Waals surface area contributed by atoms with Crippen molar-refractivity contribution >= 4 is 23.6 Å². The molecule has 2 aromatic heterocycles. The van der Waals surface area contributed by atoms with Gasteiger partial charge in [0, 0.05) is 41.8 Å². The number of hydrogen-bond donors (Lipinski definition) is 0. The van der Waals surface area contributed by atoms with Gasteiger partial charge in [0.15, 0.2) is 5.82 Å². The number of fused-ring (bicyclic) bond motifs is 3. The third-order valence-electron chi connectivity index (χ3n) is 6.78. The Hall–Kier alpha value is -3.20. The second-order valence-electron chi connectivity index (χ2n) is 8.92. The number of carbonyl (C=O) groups excluding carboxylic acids is 1. The first-order valence-electron chi connectivity index (χ1n) is 10.6. The minimum absolute atomic E-state index is 0.294. The Morgan fingerprint density at radius 1 is 1.16 bits per heavy atom. The molecule has 3 aliphatic rings. The zero-order chi connectivity index (χ0) is 21.9. The van der Waals surface area contributed by atoms with Gasteiger partial charge in [0.05, 0.1) is 25.9 Å². The highest BCUT2D eigenvalue weighted by Crippen LogP contribution is 2.56. The standard InChI is InChI=1S/C22H22ClN7O2/c1-32-21(31)28-10-14-7-16(23)3-4-17(14)30-18(11-28)26-27-19(30)15-8-22(9-15)12-29(13-22)20-24-5-2-6-25-20/h2-7,15H,8-13H2,1H3. The van der Waals surface area contributed by atoms with Crippen LogP contribution in [-0.2, 0) is 17.8 Å². The quantitative estimate of drug-likeness (QED) is 0.591. The molecule has 1 aliphatic carbocycles. The number of carbonyl (C=O) groups is 1. The molecule has 4 heterocycles. The zero-order valence-electron chi connectivity index (χ0n) is 17.6. The first kappa shape index (κ1) is 19.5. The molecule has 6 rings (SSSR count). The maximum absolute atomic E-state index is 12.3. The summed E-state index contributed by atoms with van der Waals surface area (Å²) in [7, 11) is 1.39. The normalized spacial score (nSPS) is 18.9. The van der Waals surface area contributed by atoms with Crippen molar-refractivity contribution in [1.82, 2.24) is 29.6 Å². The lowest BCUT2D eigenvalue weighted by Gasteiger charge is -2.58. The molecule has 3 aromatic rings. The van der Waals surface area contributed by atoms with E-state index in [4.69, 9.17) is 16.3 Å². The number of hydrogen-bond acceptors (Lipinski definition) is 7. The Kier molecular flexibility index (Phi) is 4.36. The van der Waals surface area contributed by atoms with Crippen LogP contribution in [0, 0.1) is 5.41 Å². The largest absolute Gasteiger partial charge is 0.453 e. The van der Waals surface area contributed by atoms with Gasteiger partial charge in [-0.15, -0.1) is 10.2 Å². The summed E-state index contributed by atoms with van der Waals surface area (Å²) in [6.45, 7) is 2.68. The third-order valence-corrected chi connectivity index (χ3v) is 7.01. The van der Waals surface area contributed by atoms with Gasteiger partial charge >= 0.3 is 6.09 Å². The van der Waals surface area contributed by atoms with E-state index in [1.807, 2.05) is 24.3 Å². The van der Waals surface area contributed by atoms with Crippen LogP contribution in [0.25, 0.3) is 5.69 Å². The topological polar surface area (TPSA) is 89.3 Å². The van der Waals surface area contributed by atoms with Crippen LogP contribution < -0.4 is 4.90 Å². The van der Waals surface area contributed by atoms with Gasteiger partial charge in [-0.25, -0.2) is 14.8 Å². The van der Waals surface area contributed by atoms with Crippen LogP contribution >= 0.6 is 11.6 Å². The highest BCUT2D eigenvalue weighted by molar-refractivity contribution is 6.30. The molecule has 1 amide bonds. The molecular weight excluding hydrogens is 430 g/mol. The molecule has 9 nitrogen and oxygen atoms in total. The molecule has 10 heteroatoms. The Bertz CT molecular complexity index is 1180. The van der Waals surface area contributed by atoms with Crippen LogP contribution in [0.1, 0.15) is 36.0 Å². The predicted octanol–water partition coefficient (Wildman–Crippen LogP) is 3.18. The van der Waals surface area contributed by atoms with E-state index >= 15 is 0 Å². The predicted molar refractivity (Wildman–Crippen MR) is 117 cm³/mol. The fraction of sp³-hybridized carbons (Fsp3) is 0.409. The molecule has 1 aromatic carbocycles. The van der Waals surface area contributed by atoms with Gasteiger partial charge in [-0.05, 0) is 42.7 Å². The number of rotatable bonds is 2. The minimum atomic E-state index is -0.394. The molecule has 0 radical (unpaired) electrons. The zero-order valence-corrected chi connectivity index (χ0v) is 18.4. The lowest BCUT2D eigenvalue weighted by atomic mass is 9.57. The number of methoxy groups -OCH3 is 1. The van der Waals surface area contributed by atoms with E-state index in [-0.39, 0.29) is 0 Å². The maximum Gasteiger partial charge on any atom is 0.410 e. The molecule has 0 N–H and O–H groups in total. The lowest BCUT2D eigenvalue weighted by molar-refractivity contribution is 0.0575. The highest BCUT2D eigenvalue weighted by atomic mass is 35.5. The van der Waals surface area contributed by atoms with Crippen molar-refractivity contribution in [1.29, 1.82) is 0 Å². The third kappa shape index (κ3) is 3.02. The van der Waals surface area contributed by atoms with E-state index in [0.717, 1.165) is 54.8 Å². The maximum atomic E-state index is 12.3. The number of aromatic nitrogens is 5. The SMILES string of the molecule is COC(=O)N1Cc2cc(Cl)ccc2-n2c(nnc2C2CC3(C2)CN(c2ncccn2)C3)C1. The average molecular weight is 452 g/mol. The number of anilines is 1. The van der Waals surface area contributed by atoms with E-state index in [1.165, 1.54) is 7.11 Å². The molecule has 32 heavy (non-hydrogen) atoms. The molecule has 1 saturated carbocycles. The number of ether oxygens (including phenoxy) is 1. The van der Waals surface area contributed by atoms with Crippen molar-refractivity contribution in [3.63, 3.8) is 0 Å². The van der Waals surface area contributed by atoms with Crippen molar-refractivity contribution in [2.45, 2.75) is 31.8 Å². The summed E-state index contributed by atoms with van der Waals surface area (Å²) in [4.78, 5) is 24.9. The van der Waals surface area contributed by atoms with Crippen LogP contribution in [0.5, 0.6) is 0 Å². The molecule has 0 atom stereocenters. The molecule has 0 unspecified atom stereocenters. The fourth-order valence-electron chi connectivity index (χ4n) is 5.33. The second-order valence-corrected chi connectivity index (χ2v) is 9.36. The molecule has 0 bridgehead atoms. The molecule has 2 aliphatic heterocycles. The van der Waals surface area contributed by atoms with Crippen molar-refractivity contribution in [2.75, 3.05) is 25.1 Å². The van der Waals surface area contributed by atoms with Crippen molar-refractivity contribution in [2.24, 2.45) is 5.41 Å².